The first-order valence-corrected chi connectivity index (χ1v) is 5.99. The average Bonchev–Trinajstić information content (AvgIpc) is 2.23. The van der Waals surface area contributed by atoms with Gasteiger partial charge >= 0.3 is 0 Å². The van der Waals surface area contributed by atoms with Gasteiger partial charge in [0.05, 0.1) is 4.83 Å². The number of amides is 1. The molecule has 0 fully saturated rings. The molecule has 0 radical (unpaired) electrons. The summed E-state index contributed by atoms with van der Waals surface area (Å²) in [5, 5.41) is 2.92. The van der Waals surface area contributed by atoms with E-state index in [1.165, 1.54) is 5.56 Å². The van der Waals surface area contributed by atoms with Gasteiger partial charge in [0.1, 0.15) is 0 Å². The third-order valence-corrected chi connectivity index (χ3v) is 3.57. The number of alkyl halides is 1. The molecule has 1 N–H and O–H groups in total. The van der Waals surface area contributed by atoms with Crippen molar-refractivity contribution in [1.29, 1.82) is 0 Å². The molecular formula is C12H16BrNO. The van der Waals surface area contributed by atoms with Crippen LogP contribution in [-0.4, -0.2) is 10.7 Å². The van der Waals surface area contributed by atoms with Gasteiger partial charge in [0.25, 0.3) is 0 Å². The fourth-order valence-electron chi connectivity index (χ4n) is 1.28. The molecule has 15 heavy (non-hydrogen) atoms. The van der Waals surface area contributed by atoms with E-state index in [1.54, 1.807) is 0 Å². The van der Waals surface area contributed by atoms with Crippen LogP contribution in [0.2, 0.25) is 0 Å². The molecule has 3 heteroatoms. The normalized spacial score (nSPS) is 12.3. The predicted molar refractivity (Wildman–Crippen MR) is 67.6 cm³/mol. The minimum Gasteiger partial charge on any atom is -0.325 e. The number of halogens is 1. The summed E-state index contributed by atoms with van der Waals surface area (Å²) in [6, 6.07) is 5.92. The standard InChI is InChI=1S/C12H16BrNO/c1-4-10(13)12(15)14-11-7-5-6-8(2)9(11)3/h5-7,10H,4H2,1-3H3,(H,14,15)/t10-/m1/s1. The van der Waals surface area contributed by atoms with E-state index in [2.05, 4.69) is 21.2 Å². The minimum atomic E-state index is -0.114. The van der Waals surface area contributed by atoms with E-state index in [1.807, 2.05) is 39.0 Å². The van der Waals surface area contributed by atoms with Crippen LogP contribution >= 0.6 is 15.9 Å². The van der Waals surface area contributed by atoms with Gasteiger partial charge in [-0.1, -0.05) is 35.0 Å². The Kier molecular flexibility index (Phi) is 4.33. The summed E-state index contributed by atoms with van der Waals surface area (Å²) in [5.74, 6) is 0.0196. The zero-order valence-electron chi connectivity index (χ0n) is 9.30. The molecular weight excluding hydrogens is 254 g/mol. The highest BCUT2D eigenvalue weighted by atomic mass is 79.9. The molecule has 1 atom stereocenters. The summed E-state index contributed by atoms with van der Waals surface area (Å²) in [6.07, 6.45) is 0.788. The molecule has 1 amide bonds. The molecule has 0 saturated carbocycles. The van der Waals surface area contributed by atoms with Crippen molar-refractivity contribution in [3.63, 3.8) is 0 Å². The molecule has 0 aliphatic heterocycles. The number of rotatable bonds is 3. The summed E-state index contributed by atoms with van der Waals surface area (Å²) in [4.78, 5) is 11.5. The highest BCUT2D eigenvalue weighted by molar-refractivity contribution is 9.10. The molecule has 0 bridgehead atoms. The molecule has 82 valence electrons. The Bertz CT molecular complexity index is 363. The molecule has 0 spiro atoms. The van der Waals surface area contributed by atoms with Crippen LogP contribution < -0.4 is 5.32 Å². The summed E-state index contributed by atoms with van der Waals surface area (Å²) in [7, 11) is 0. The Morgan fingerprint density at radius 3 is 2.73 bits per heavy atom. The van der Waals surface area contributed by atoms with Crippen molar-refractivity contribution in [3.8, 4) is 0 Å². The van der Waals surface area contributed by atoms with Gasteiger partial charge in [-0.3, -0.25) is 4.79 Å². The lowest BCUT2D eigenvalue weighted by Gasteiger charge is -2.12. The average molecular weight is 270 g/mol. The van der Waals surface area contributed by atoms with Gasteiger partial charge in [-0.15, -0.1) is 0 Å². The quantitative estimate of drug-likeness (QED) is 0.838. The zero-order chi connectivity index (χ0) is 11.4. The molecule has 1 rings (SSSR count). The van der Waals surface area contributed by atoms with Crippen LogP contribution in [0.15, 0.2) is 18.2 Å². The monoisotopic (exact) mass is 269 g/mol. The lowest BCUT2D eigenvalue weighted by Crippen LogP contribution is -2.22. The summed E-state index contributed by atoms with van der Waals surface area (Å²) in [5.41, 5.74) is 3.22. The molecule has 0 aliphatic carbocycles. The largest absolute Gasteiger partial charge is 0.325 e. The van der Waals surface area contributed by atoms with E-state index in [0.717, 1.165) is 17.7 Å². The third kappa shape index (κ3) is 3.06. The summed E-state index contributed by atoms with van der Waals surface area (Å²) in [6.45, 7) is 6.03. The maximum Gasteiger partial charge on any atom is 0.238 e. The van der Waals surface area contributed by atoms with Crippen molar-refractivity contribution in [2.45, 2.75) is 32.0 Å². The summed E-state index contributed by atoms with van der Waals surface area (Å²) < 4.78 is 0. The lowest BCUT2D eigenvalue weighted by molar-refractivity contribution is -0.115. The Hall–Kier alpha value is -0.830. The van der Waals surface area contributed by atoms with Crippen molar-refractivity contribution < 1.29 is 4.79 Å². The van der Waals surface area contributed by atoms with Gasteiger partial charge in [-0.05, 0) is 37.5 Å². The Morgan fingerprint density at radius 1 is 1.47 bits per heavy atom. The second-order valence-corrected chi connectivity index (χ2v) is 4.72. The van der Waals surface area contributed by atoms with Crippen LogP contribution in [0.3, 0.4) is 0 Å². The van der Waals surface area contributed by atoms with Gasteiger partial charge in [0.2, 0.25) is 5.91 Å². The second-order valence-electron chi connectivity index (χ2n) is 3.61. The second kappa shape index (κ2) is 5.31. The van der Waals surface area contributed by atoms with Crippen molar-refractivity contribution in [3.05, 3.63) is 29.3 Å². The van der Waals surface area contributed by atoms with Crippen molar-refractivity contribution in [2.75, 3.05) is 5.32 Å². The number of benzene rings is 1. The number of hydrogen-bond acceptors (Lipinski definition) is 1. The number of carbonyl (C=O) groups is 1. The Balaban J connectivity index is 2.81. The molecule has 0 aromatic heterocycles. The molecule has 0 unspecified atom stereocenters. The van der Waals surface area contributed by atoms with Crippen LogP contribution in [0, 0.1) is 13.8 Å². The first kappa shape index (κ1) is 12.2. The molecule has 0 heterocycles. The number of carbonyl (C=O) groups excluding carboxylic acids is 1. The third-order valence-electron chi connectivity index (χ3n) is 2.51. The topological polar surface area (TPSA) is 29.1 Å². The number of nitrogens with one attached hydrogen (secondary N) is 1. The van der Waals surface area contributed by atoms with E-state index in [-0.39, 0.29) is 10.7 Å². The Morgan fingerprint density at radius 2 is 2.13 bits per heavy atom. The maximum atomic E-state index is 11.6. The highest BCUT2D eigenvalue weighted by Crippen LogP contribution is 2.19. The van der Waals surface area contributed by atoms with Crippen molar-refractivity contribution in [1.82, 2.24) is 0 Å². The van der Waals surface area contributed by atoms with Crippen LogP contribution in [0.5, 0.6) is 0 Å². The van der Waals surface area contributed by atoms with Gasteiger partial charge in [0.15, 0.2) is 0 Å². The Labute approximate surface area is 99.2 Å². The molecule has 0 aliphatic rings. The highest BCUT2D eigenvalue weighted by Gasteiger charge is 2.13. The molecule has 1 aromatic carbocycles. The van der Waals surface area contributed by atoms with Gasteiger partial charge in [-0.25, -0.2) is 0 Å². The van der Waals surface area contributed by atoms with Gasteiger partial charge < -0.3 is 5.32 Å². The van der Waals surface area contributed by atoms with Crippen molar-refractivity contribution >= 4 is 27.5 Å². The van der Waals surface area contributed by atoms with Crippen LogP contribution in [0.4, 0.5) is 5.69 Å². The number of hydrogen-bond donors (Lipinski definition) is 1. The zero-order valence-corrected chi connectivity index (χ0v) is 10.9. The van der Waals surface area contributed by atoms with E-state index in [0.29, 0.717) is 0 Å². The molecule has 1 aromatic rings. The molecule has 0 saturated heterocycles. The van der Waals surface area contributed by atoms with E-state index < -0.39 is 0 Å². The first-order chi connectivity index (χ1) is 7.06. The fraction of sp³-hybridized carbons (Fsp3) is 0.417. The van der Waals surface area contributed by atoms with E-state index in [4.69, 9.17) is 0 Å². The van der Waals surface area contributed by atoms with E-state index in [9.17, 15) is 4.79 Å². The lowest BCUT2D eigenvalue weighted by atomic mass is 10.1. The maximum absolute atomic E-state index is 11.6. The van der Waals surface area contributed by atoms with Gasteiger partial charge in [0, 0.05) is 5.69 Å². The smallest absolute Gasteiger partial charge is 0.238 e. The minimum absolute atomic E-state index is 0.0196. The van der Waals surface area contributed by atoms with Crippen LogP contribution in [0.25, 0.3) is 0 Å². The van der Waals surface area contributed by atoms with Crippen LogP contribution in [0.1, 0.15) is 24.5 Å². The SMILES string of the molecule is CC[C@@H](Br)C(=O)Nc1cccc(C)c1C. The first-order valence-electron chi connectivity index (χ1n) is 5.07. The van der Waals surface area contributed by atoms with E-state index >= 15 is 0 Å². The summed E-state index contributed by atoms with van der Waals surface area (Å²) >= 11 is 3.33. The predicted octanol–water partition coefficient (Wildman–Crippen LogP) is 3.42. The van der Waals surface area contributed by atoms with Crippen LogP contribution in [-0.2, 0) is 4.79 Å². The van der Waals surface area contributed by atoms with Gasteiger partial charge in [-0.2, -0.15) is 0 Å². The van der Waals surface area contributed by atoms with Crippen molar-refractivity contribution in [2.24, 2.45) is 0 Å². The fourth-order valence-corrected chi connectivity index (χ4v) is 1.40. The number of aryl methyl sites for hydroxylation is 1. The molecule has 2 nitrogen and oxygen atoms in total. The number of anilines is 1.